The Balaban J connectivity index is 2.46. The van der Waals surface area contributed by atoms with E-state index in [1.807, 2.05) is 6.92 Å². The van der Waals surface area contributed by atoms with Crippen molar-refractivity contribution >= 4 is 11.3 Å². The average molecular weight is 268 g/mol. The molecule has 0 amide bonds. The monoisotopic (exact) mass is 268 g/mol. The maximum absolute atomic E-state index is 12.6. The van der Waals surface area contributed by atoms with Gasteiger partial charge in [-0.15, -0.1) is 6.42 Å². The number of nitrogens with zero attached hydrogens (tertiary/aromatic N) is 3. The highest BCUT2D eigenvalue weighted by atomic mass is 19.4. The molecule has 2 aromatic rings. The van der Waals surface area contributed by atoms with Gasteiger partial charge < -0.3 is 5.32 Å². The van der Waals surface area contributed by atoms with Crippen LogP contribution in [0, 0.1) is 12.3 Å². The van der Waals surface area contributed by atoms with Crippen molar-refractivity contribution in [2.45, 2.75) is 25.6 Å². The van der Waals surface area contributed by atoms with Gasteiger partial charge in [0.2, 0.25) is 0 Å². The van der Waals surface area contributed by atoms with Gasteiger partial charge in [0.1, 0.15) is 5.52 Å². The van der Waals surface area contributed by atoms with Crippen molar-refractivity contribution in [1.29, 1.82) is 0 Å². The number of anilines is 1. The first-order valence-electron chi connectivity index (χ1n) is 5.60. The average Bonchev–Trinajstić information content (AvgIpc) is 2.80. The molecule has 0 bridgehead atoms. The number of aromatic nitrogens is 3. The second-order valence-electron chi connectivity index (χ2n) is 3.90. The summed E-state index contributed by atoms with van der Waals surface area (Å²) >= 11 is 0. The molecule has 2 rings (SSSR count). The minimum atomic E-state index is -4.49. The van der Waals surface area contributed by atoms with E-state index in [2.05, 4.69) is 21.3 Å². The van der Waals surface area contributed by atoms with Gasteiger partial charge in [-0.05, 0) is 6.42 Å². The molecule has 0 aliphatic heterocycles. The van der Waals surface area contributed by atoms with Crippen molar-refractivity contribution in [2.24, 2.45) is 0 Å². The fourth-order valence-corrected chi connectivity index (χ4v) is 1.60. The minimum absolute atomic E-state index is 0.239. The van der Waals surface area contributed by atoms with Crippen molar-refractivity contribution in [2.75, 3.05) is 5.32 Å². The van der Waals surface area contributed by atoms with Crippen molar-refractivity contribution in [3.63, 3.8) is 0 Å². The second kappa shape index (κ2) is 4.80. The van der Waals surface area contributed by atoms with Crippen LogP contribution in [-0.2, 0) is 6.18 Å². The van der Waals surface area contributed by atoms with Crippen LogP contribution in [0.15, 0.2) is 18.5 Å². The Hall–Kier alpha value is -2.23. The van der Waals surface area contributed by atoms with Crippen molar-refractivity contribution in [1.82, 2.24) is 14.6 Å². The summed E-state index contributed by atoms with van der Waals surface area (Å²) in [6, 6.07) is 0.654. The number of rotatable bonds is 3. The fourth-order valence-electron chi connectivity index (χ4n) is 1.60. The molecule has 2 heterocycles. The Labute approximate surface area is 107 Å². The van der Waals surface area contributed by atoms with E-state index < -0.39 is 11.9 Å². The summed E-state index contributed by atoms with van der Waals surface area (Å²) in [4.78, 5) is 4.00. The minimum Gasteiger partial charge on any atom is -0.355 e. The van der Waals surface area contributed by atoms with Crippen LogP contribution in [0.5, 0.6) is 0 Å². The van der Waals surface area contributed by atoms with Crippen LogP contribution < -0.4 is 5.32 Å². The van der Waals surface area contributed by atoms with Gasteiger partial charge in [0.25, 0.3) is 0 Å². The number of hydrogen-bond acceptors (Lipinski definition) is 3. The molecule has 0 fully saturated rings. The summed E-state index contributed by atoms with van der Waals surface area (Å²) in [6.07, 6.45) is 4.18. The van der Waals surface area contributed by atoms with Crippen molar-refractivity contribution in [3.05, 3.63) is 24.2 Å². The third-order valence-corrected chi connectivity index (χ3v) is 2.60. The van der Waals surface area contributed by atoms with Crippen LogP contribution >= 0.6 is 0 Å². The quantitative estimate of drug-likeness (QED) is 0.870. The lowest BCUT2D eigenvalue weighted by Gasteiger charge is -2.11. The van der Waals surface area contributed by atoms with Gasteiger partial charge in [0, 0.05) is 18.5 Å². The van der Waals surface area contributed by atoms with E-state index in [1.54, 1.807) is 0 Å². The highest BCUT2D eigenvalue weighted by Crippen LogP contribution is 2.30. The van der Waals surface area contributed by atoms with Crippen LogP contribution in [0.1, 0.15) is 19.0 Å². The zero-order valence-corrected chi connectivity index (χ0v) is 10.1. The molecule has 19 heavy (non-hydrogen) atoms. The molecular formula is C12H11F3N4. The summed E-state index contributed by atoms with van der Waals surface area (Å²) in [5.41, 5.74) is -0.721. The maximum Gasteiger partial charge on any atom is 0.435 e. The molecule has 1 unspecified atom stereocenters. The number of hydrogen-bond donors (Lipinski definition) is 1. The molecule has 1 N–H and O–H groups in total. The Bertz CT molecular complexity index is 624. The second-order valence-corrected chi connectivity index (χ2v) is 3.90. The van der Waals surface area contributed by atoms with Gasteiger partial charge in [-0.2, -0.15) is 18.3 Å². The molecule has 0 saturated carbocycles. The summed E-state index contributed by atoms with van der Waals surface area (Å²) in [6.45, 7) is 1.87. The van der Waals surface area contributed by atoms with Crippen LogP contribution in [-0.4, -0.2) is 20.6 Å². The molecule has 0 spiro atoms. The normalized spacial score (nSPS) is 13.2. The largest absolute Gasteiger partial charge is 0.435 e. The van der Waals surface area contributed by atoms with E-state index in [-0.39, 0.29) is 17.4 Å². The number of fused-ring (bicyclic) bond motifs is 1. The third-order valence-electron chi connectivity index (χ3n) is 2.60. The SMILES string of the molecule is C#CC(CC)Nc1nccn2nc(C(F)(F)F)cc12. The van der Waals surface area contributed by atoms with Crippen LogP contribution in [0.2, 0.25) is 0 Å². The van der Waals surface area contributed by atoms with E-state index in [9.17, 15) is 13.2 Å². The van der Waals surface area contributed by atoms with E-state index in [1.165, 1.54) is 12.4 Å². The van der Waals surface area contributed by atoms with Gasteiger partial charge >= 0.3 is 6.18 Å². The molecule has 0 aliphatic rings. The summed E-state index contributed by atoms with van der Waals surface area (Å²) in [5.74, 6) is 2.79. The Kier molecular flexibility index (Phi) is 3.34. The smallest absolute Gasteiger partial charge is 0.355 e. The van der Waals surface area contributed by atoms with E-state index in [4.69, 9.17) is 6.42 Å². The first kappa shape index (κ1) is 13.2. The summed E-state index contributed by atoms with van der Waals surface area (Å²) < 4.78 is 38.9. The molecule has 1 atom stereocenters. The lowest BCUT2D eigenvalue weighted by atomic mass is 10.2. The van der Waals surface area contributed by atoms with E-state index >= 15 is 0 Å². The van der Waals surface area contributed by atoms with Gasteiger partial charge in [0.15, 0.2) is 11.5 Å². The van der Waals surface area contributed by atoms with Crippen LogP contribution in [0.4, 0.5) is 19.0 Å². The number of nitrogens with one attached hydrogen (secondary N) is 1. The van der Waals surface area contributed by atoms with Crippen molar-refractivity contribution in [3.8, 4) is 12.3 Å². The highest BCUT2D eigenvalue weighted by molar-refractivity contribution is 5.68. The lowest BCUT2D eigenvalue weighted by molar-refractivity contribution is -0.141. The first-order valence-corrected chi connectivity index (χ1v) is 5.60. The molecular weight excluding hydrogens is 257 g/mol. The standard InChI is InChI=1S/C12H11F3N4/c1-3-8(4-2)17-11-9-7-10(12(13,14)15)18-19(9)6-5-16-11/h1,5-8H,4H2,2H3,(H,16,17). The molecule has 4 nitrogen and oxygen atoms in total. The molecule has 2 aromatic heterocycles. The predicted molar refractivity (Wildman–Crippen MR) is 64.5 cm³/mol. The molecule has 0 radical (unpaired) electrons. The number of terminal acetylenes is 1. The predicted octanol–water partition coefficient (Wildman–Crippen LogP) is 2.57. The Morgan fingerprint density at radius 2 is 2.26 bits per heavy atom. The van der Waals surface area contributed by atoms with Gasteiger partial charge in [-0.3, -0.25) is 0 Å². The Morgan fingerprint density at radius 1 is 1.53 bits per heavy atom. The molecule has 0 saturated heterocycles. The highest BCUT2D eigenvalue weighted by Gasteiger charge is 2.34. The van der Waals surface area contributed by atoms with Crippen LogP contribution in [0.25, 0.3) is 5.52 Å². The number of alkyl halides is 3. The molecule has 0 aliphatic carbocycles. The van der Waals surface area contributed by atoms with Crippen LogP contribution in [0.3, 0.4) is 0 Å². The number of halogens is 3. The first-order chi connectivity index (χ1) is 8.95. The van der Waals surface area contributed by atoms with E-state index in [0.717, 1.165) is 10.6 Å². The maximum atomic E-state index is 12.6. The van der Waals surface area contributed by atoms with Crippen molar-refractivity contribution < 1.29 is 13.2 Å². The fraction of sp³-hybridized carbons (Fsp3) is 0.333. The zero-order chi connectivity index (χ0) is 14.0. The topological polar surface area (TPSA) is 42.2 Å². The van der Waals surface area contributed by atoms with Gasteiger partial charge in [0.05, 0.1) is 6.04 Å². The molecule has 7 heteroatoms. The third kappa shape index (κ3) is 2.62. The Morgan fingerprint density at radius 3 is 2.84 bits per heavy atom. The molecule has 0 aromatic carbocycles. The molecule has 100 valence electrons. The van der Waals surface area contributed by atoms with Gasteiger partial charge in [-0.1, -0.05) is 12.8 Å². The van der Waals surface area contributed by atoms with E-state index in [0.29, 0.717) is 6.42 Å². The lowest BCUT2D eigenvalue weighted by Crippen LogP contribution is -2.17. The van der Waals surface area contributed by atoms with Gasteiger partial charge in [-0.25, -0.2) is 9.50 Å². The summed E-state index contributed by atoms with van der Waals surface area (Å²) in [7, 11) is 0. The summed E-state index contributed by atoms with van der Waals surface area (Å²) in [5, 5.41) is 6.37. The zero-order valence-electron chi connectivity index (χ0n) is 10.1.